The van der Waals surface area contributed by atoms with Gasteiger partial charge in [0.15, 0.2) is 11.5 Å². The van der Waals surface area contributed by atoms with Crippen LogP contribution in [0.5, 0.6) is 11.5 Å². The molecule has 0 N–H and O–H groups in total. The minimum Gasteiger partial charge on any atom is -0.493 e. The smallest absolute Gasteiger partial charge is 0.160 e. The van der Waals surface area contributed by atoms with Gasteiger partial charge >= 0.3 is 0 Å². The molecule has 1 aliphatic rings. The van der Waals surface area contributed by atoms with Crippen molar-refractivity contribution in [3.8, 4) is 11.5 Å². The highest BCUT2D eigenvalue weighted by molar-refractivity contribution is 6.50. The van der Waals surface area contributed by atoms with Gasteiger partial charge in [-0.05, 0) is 36.5 Å². The molecule has 0 amide bonds. The molecule has 2 rings (SSSR count). The Balaban J connectivity index is 2.11. The molecule has 16 heavy (non-hydrogen) atoms. The van der Waals surface area contributed by atoms with E-state index in [1.54, 1.807) is 14.2 Å². The molecule has 0 radical (unpaired) electrons. The Morgan fingerprint density at radius 3 is 2.38 bits per heavy atom. The first-order chi connectivity index (χ1) is 7.56. The summed E-state index contributed by atoms with van der Waals surface area (Å²) >= 11 is 12.0. The molecule has 1 aliphatic carbocycles. The van der Waals surface area contributed by atoms with Crippen LogP contribution in [0.3, 0.4) is 0 Å². The van der Waals surface area contributed by atoms with E-state index in [0.717, 1.165) is 24.3 Å². The van der Waals surface area contributed by atoms with E-state index in [1.165, 1.54) is 5.56 Å². The van der Waals surface area contributed by atoms with Gasteiger partial charge in [-0.3, -0.25) is 0 Å². The molecule has 1 atom stereocenters. The Morgan fingerprint density at radius 2 is 1.88 bits per heavy atom. The molecule has 0 heterocycles. The summed E-state index contributed by atoms with van der Waals surface area (Å²) in [5.41, 5.74) is 1.17. The van der Waals surface area contributed by atoms with Gasteiger partial charge in [0, 0.05) is 0 Å². The zero-order valence-electron chi connectivity index (χ0n) is 9.30. The average molecular weight is 261 g/mol. The van der Waals surface area contributed by atoms with E-state index in [1.807, 2.05) is 18.2 Å². The molecule has 0 aromatic heterocycles. The Labute approximate surface area is 105 Å². The molecule has 0 spiro atoms. The van der Waals surface area contributed by atoms with Gasteiger partial charge in [0.1, 0.15) is 4.33 Å². The molecule has 1 fully saturated rings. The molecule has 0 aliphatic heterocycles. The van der Waals surface area contributed by atoms with Gasteiger partial charge in [-0.25, -0.2) is 0 Å². The van der Waals surface area contributed by atoms with Crippen LogP contribution in [0.15, 0.2) is 18.2 Å². The standard InChI is InChI=1S/C12H14Cl2O2/c1-15-10-4-3-8(6-11(10)16-2)5-9-7-12(9,13)14/h3-4,6,9H,5,7H2,1-2H3/t9-/m1/s1. The van der Waals surface area contributed by atoms with Crippen LogP contribution < -0.4 is 9.47 Å². The van der Waals surface area contributed by atoms with Crippen LogP contribution in [0.4, 0.5) is 0 Å². The van der Waals surface area contributed by atoms with E-state index >= 15 is 0 Å². The van der Waals surface area contributed by atoms with Crippen molar-refractivity contribution in [3.63, 3.8) is 0 Å². The number of rotatable bonds is 4. The fraction of sp³-hybridized carbons (Fsp3) is 0.500. The van der Waals surface area contributed by atoms with E-state index < -0.39 is 4.33 Å². The predicted octanol–water partition coefficient (Wildman–Crippen LogP) is 3.44. The SMILES string of the molecule is COc1ccc(C[C@@H]2CC2(Cl)Cl)cc1OC. The van der Waals surface area contributed by atoms with E-state index in [-0.39, 0.29) is 0 Å². The van der Waals surface area contributed by atoms with Gasteiger partial charge < -0.3 is 9.47 Å². The van der Waals surface area contributed by atoms with Crippen molar-refractivity contribution in [1.82, 2.24) is 0 Å². The van der Waals surface area contributed by atoms with Crippen LogP contribution >= 0.6 is 23.2 Å². The molecule has 4 heteroatoms. The van der Waals surface area contributed by atoms with E-state index in [0.29, 0.717) is 5.92 Å². The quantitative estimate of drug-likeness (QED) is 0.773. The van der Waals surface area contributed by atoms with Gasteiger partial charge in [0.25, 0.3) is 0 Å². The average Bonchev–Trinajstić information content (AvgIpc) is 2.85. The monoisotopic (exact) mass is 260 g/mol. The third-order valence-corrected chi connectivity index (χ3v) is 3.81. The number of halogens is 2. The first kappa shape index (κ1) is 11.9. The van der Waals surface area contributed by atoms with Crippen molar-refractivity contribution in [1.29, 1.82) is 0 Å². The second-order valence-electron chi connectivity index (χ2n) is 4.06. The van der Waals surface area contributed by atoms with Crippen LogP contribution in [0.2, 0.25) is 0 Å². The summed E-state index contributed by atoms with van der Waals surface area (Å²) in [5.74, 6) is 1.84. The lowest BCUT2D eigenvalue weighted by Gasteiger charge is -2.09. The van der Waals surface area contributed by atoms with Crippen molar-refractivity contribution >= 4 is 23.2 Å². The van der Waals surface area contributed by atoms with E-state index in [2.05, 4.69) is 0 Å². The number of alkyl halides is 2. The fourth-order valence-corrected chi connectivity index (χ4v) is 2.31. The molecule has 0 saturated heterocycles. The van der Waals surface area contributed by atoms with Gasteiger partial charge in [0.2, 0.25) is 0 Å². The van der Waals surface area contributed by atoms with Gasteiger partial charge in [-0.2, -0.15) is 0 Å². The summed E-state index contributed by atoms with van der Waals surface area (Å²) in [6.07, 6.45) is 1.75. The van der Waals surface area contributed by atoms with Crippen molar-refractivity contribution in [3.05, 3.63) is 23.8 Å². The summed E-state index contributed by atoms with van der Waals surface area (Å²) in [6.45, 7) is 0. The van der Waals surface area contributed by atoms with Crippen molar-refractivity contribution < 1.29 is 9.47 Å². The molecular formula is C12H14Cl2O2. The van der Waals surface area contributed by atoms with Gasteiger partial charge in [0.05, 0.1) is 14.2 Å². The summed E-state index contributed by atoms with van der Waals surface area (Å²) in [7, 11) is 3.26. The number of ether oxygens (including phenoxy) is 2. The van der Waals surface area contributed by atoms with Crippen LogP contribution in [0.25, 0.3) is 0 Å². The maximum Gasteiger partial charge on any atom is 0.160 e. The number of benzene rings is 1. The third kappa shape index (κ3) is 2.38. The summed E-state index contributed by atoms with van der Waals surface area (Å²) in [4.78, 5) is 0. The summed E-state index contributed by atoms with van der Waals surface area (Å²) < 4.78 is 9.89. The molecule has 1 saturated carbocycles. The highest BCUT2D eigenvalue weighted by Gasteiger charge is 2.51. The van der Waals surface area contributed by atoms with Crippen molar-refractivity contribution in [2.45, 2.75) is 17.2 Å². The minimum atomic E-state index is -0.521. The molecule has 0 unspecified atom stereocenters. The molecular weight excluding hydrogens is 247 g/mol. The van der Waals surface area contributed by atoms with Crippen LogP contribution in [0.1, 0.15) is 12.0 Å². The predicted molar refractivity (Wildman–Crippen MR) is 65.8 cm³/mol. The normalized spacial score (nSPS) is 21.6. The van der Waals surface area contributed by atoms with Crippen molar-refractivity contribution in [2.75, 3.05) is 14.2 Å². The van der Waals surface area contributed by atoms with Gasteiger partial charge in [-0.15, -0.1) is 23.2 Å². The number of hydrogen-bond acceptors (Lipinski definition) is 2. The lowest BCUT2D eigenvalue weighted by molar-refractivity contribution is 0.354. The first-order valence-corrected chi connectivity index (χ1v) is 5.91. The number of methoxy groups -OCH3 is 2. The van der Waals surface area contributed by atoms with Crippen molar-refractivity contribution in [2.24, 2.45) is 5.92 Å². The molecule has 2 nitrogen and oxygen atoms in total. The molecule has 1 aromatic rings. The maximum atomic E-state index is 6.00. The largest absolute Gasteiger partial charge is 0.493 e. The Morgan fingerprint density at radius 1 is 1.25 bits per heavy atom. The number of hydrogen-bond donors (Lipinski definition) is 0. The Hall–Kier alpha value is -0.600. The van der Waals surface area contributed by atoms with E-state index in [9.17, 15) is 0 Å². The third-order valence-electron chi connectivity index (χ3n) is 2.89. The fourth-order valence-electron chi connectivity index (χ4n) is 1.78. The van der Waals surface area contributed by atoms with Crippen LogP contribution in [-0.2, 0) is 6.42 Å². The summed E-state index contributed by atoms with van der Waals surface area (Å²) in [6, 6.07) is 5.89. The highest BCUT2D eigenvalue weighted by atomic mass is 35.5. The Bertz CT molecular complexity index is 391. The highest BCUT2D eigenvalue weighted by Crippen LogP contribution is 2.54. The lowest BCUT2D eigenvalue weighted by atomic mass is 10.1. The second-order valence-corrected chi connectivity index (χ2v) is 5.60. The van der Waals surface area contributed by atoms with E-state index in [4.69, 9.17) is 32.7 Å². The lowest BCUT2D eigenvalue weighted by Crippen LogP contribution is -1.97. The van der Waals surface area contributed by atoms with Crippen LogP contribution in [0, 0.1) is 5.92 Å². The summed E-state index contributed by atoms with van der Waals surface area (Å²) in [5, 5.41) is 0. The Kier molecular flexibility index (Phi) is 3.22. The molecule has 0 bridgehead atoms. The molecule has 88 valence electrons. The first-order valence-electron chi connectivity index (χ1n) is 5.15. The maximum absolute atomic E-state index is 6.00. The zero-order valence-corrected chi connectivity index (χ0v) is 10.8. The minimum absolute atomic E-state index is 0.355. The van der Waals surface area contributed by atoms with Crippen LogP contribution in [-0.4, -0.2) is 18.6 Å². The molecule has 1 aromatic carbocycles. The zero-order chi connectivity index (χ0) is 11.8. The topological polar surface area (TPSA) is 18.5 Å². The van der Waals surface area contributed by atoms with Gasteiger partial charge in [-0.1, -0.05) is 6.07 Å². The second kappa shape index (κ2) is 4.34.